The van der Waals surface area contributed by atoms with Crippen LogP contribution in [-0.4, -0.2) is 27.6 Å². The fraction of sp³-hybridized carbons (Fsp3) is 0.105. The van der Waals surface area contributed by atoms with Crippen molar-refractivity contribution in [2.24, 2.45) is 0 Å². The van der Waals surface area contributed by atoms with Gasteiger partial charge in [0.15, 0.2) is 11.5 Å². The third-order valence-electron chi connectivity index (χ3n) is 4.40. The van der Waals surface area contributed by atoms with Crippen molar-refractivity contribution in [1.82, 2.24) is 19.6 Å². The molecule has 0 amide bonds. The van der Waals surface area contributed by atoms with Crippen molar-refractivity contribution in [2.45, 2.75) is 13.1 Å². The van der Waals surface area contributed by atoms with Gasteiger partial charge in [0.25, 0.3) is 0 Å². The number of hydrogen-bond donors (Lipinski definition) is 0. The van der Waals surface area contributed by atoms with Crippen LogP contribution >= 0.6 is 0 Å². The van der Waals surface area contributed by atoms with Crippen LogP contribution in [0.2, 0.25) is 0 Å². The van der Waals surface area contributed by atoms with Gasteiger partial charge in [0.05, 0.1) is 17.0 Å². The number of pyridine rings is 1. The van der Waals surface area contributed by atoms with Crippen LogP contribution in [0.15, 0.2) is 42.6 Å². The van der Waals surface area contributed by atoms with E-state index in [2.05, 4.69) is 15.1 Å². The minimum Gasteiger partial charge on any atom is -0.555 e. The zero-order chi connectivity index (χ0) is 21.6. The quantitative estimate of drug-likeness (QED) is 0.364. The highest BCUT2D eigenvalue weighted by atomic mass is 19.4. The summed E-state index contributed by atoms with van der Waals surface area (Å²) in [6.45, 7) is 1.59. The minimum absolute atomic E-state index is 0.00627. The van der Waals surface area contributed by atoms with E-state index < -0.39 is 23.5 Å². The van der Waals surface area contributed by atoms with Gasteiger partial charge >= 0.3 is 14.2 Å². The second-order valence-corrected chi connectivity index (χ2v) is 6.35. The first kappa shape index (κ1) is 19.8. The van der Waals surface area contributed by atoms with E-state index in [9.17, 15) is 22.0 Å². The highest BCUT2D eigenvalue weighted by Crippen LogP contribution is 2.34. The molecule has 1 aromatic carbocycles. The maximum absolute atomic E-state index is 14.4. The third-order valence-corrected chi connectivity index (χ3v) is 4.40. The van der Waals surface area contributed by atoms with Gasteiger partial charge in [-0.25, -0.2) is 13.8 Å². The third kappa shape index (κ3) is 3.36. The lowest BCUT2D eigenvalue weighted by molar-refractivity contribution is -0.141. The van der Waals surface area contributed by atoms with Crippen LogP contribution < -0.4 is 4.65 Å². The number of nitrogens with zero attached hydrogens (tertiary/aromatic N) is 4. The van der Waals surface area contributed by atoms with Crippen LogP contribution in [0.3, 0.4) is 0 Å². The summed E-state index contributed by atoms with van der Waals surface area (Å²) in [7, 11) is 5.32. The standard InChI is InChI=1S/C19H10BF5N4O/c1-9-17(12-4-3-11(21)6-13(12)22)18-27-14(7-16(30-20)29(18)28-9)10-2-5-15(26-8-10)19(23,24)25/h2-8H,1H3. The van der Waals surface area contributed by atoms with Crippen LogP contribution in [0.4, 0.5) is 22.0 Å². The number of benzene rings is 1. The maximum Gasteiger partial charge on any atom is 0.433 e. The summed E-state index contributed by atoms with van der Waals surface area (Å²) in [5.74, 6) is -1.57. The molecule has 3 aromatic heterocycles. The summed E-state index contributed by atoms with van der Waals surface area (Å²) in [6.07, 6.45) is -3.58. The van der Waals surface area contributed by atoms with Gasteiger partial charge in [-0.1, -0.05) is 0 Å². The monoisotopic (exact) mass is 416 g/mol. The van der Waals surface area contributed by atoms with E-state index in [-0.39, 0.29) is 33.9 Å². The van der Waals surface area contributed by atoms with Crippen molar-refractivity contribution in [2.75, 3.05) is 0 Å². The molecule has 0 saturated heterocycles. The first-order valence-corrected chi connectivity index (χ1v) is 8.45. The molecule has 0 unspecified atom stereocenters. The van der Waals surface area contributed by atoms with Crippen LogP contribution in [0.5, 0.6) is 5.88 Å². The van der Waals surface area contributed by atoms with E-state index in [1.807, 2.05) is 0 Å². The van der Waals surface area contributed by atoms with E-state index in [1.54, 1.807) is 6.92 Å². The Hall–Kier alpha value is -3.50. The number of halogens is 5. The molecule has 2 radical (unpaired) electrons. The molecule has 30 heavy (non-hydrogen) atoms. The van der Waals surface area contributed by atoms with Crippen molar-refractivity contribution in [3.05, 3.63) is 65.6 Å². The molecule has 4 rings (SSSR count). The molecule has 0 saturated carbocycles. The molecule has 0 N–H and O–H groups in total. The van der Waals surface area contributed by atoms with Crippen LogP contribution in [-0.2, 0) is 6.18 Å². The lowest BCUT2D eigenvalue weighted by atomic mass is 10.1. The zero-order valence-electron chi connectivity index (χ0n) is 15.2. The number of aryl methyl sites for hydroxylation is 1. The van der Waals surface area contributed by atoms with Crippen LogP contribution in [0.1, 0.15) is 11.4 Å². The van der Waals surface area contributed by atoms with Crippen molar-refractivity contribution in [3.63, 3.8) is 0 Å². The molecule has 150 valence electrons. The van der Waals surface area contributed by atoms with Gasteiger partial charge in [0.2, 0.25) is 0 Å². The molecule has 11 heteroatoms. The number of rotatable bonds is 3. The van der Waals surface area contributed by atoms with Gasteiger partial charge in [0, 0.05) is 29.5 Å². The number of fused-ring (bicyclic) bond motifs is 1. The highest BCUT2D eigenvalue weighted by molar-refractivity contribution is 6.00. The van der Waals surface area contributed by atoms with Gasteiger partial charge in [-0.3, -0.25) is 4.98 Å². The summed E-state index contributed by atoms with van der Waals surface area (Å²) < 4.78 is 72.1. The Balaban J connectivity index is 1.93. The lowest BCUT2D eigenvalue weighted by Gasteiger charge is -2.10. The summed E-state index contributed by atoms with van der Waals surface area (Å²) >= 11 is 0. The smallest absolute Gasteiger partial charge is 0.433 e. The fourth-order valence-corrected chi connectivity index (χ4v) is 3.05. The number of aromatic nitrogens is 4. The average molecular weight is 416 g/mol. The Labute approximate surface area is 167 Å². The predicted molar refractivity (Wildman–Crippen MR) is 97.7 cm³/mol. The molecule has 4 aromatic rings. The zero-order valence-corrected chi connectivity index (χ0v) is 15.2. The molecular weight excluding hydrogens is 406 g/mol. The van der Waals surface area contributed by atoms with Crippen LogP contribution in [0.25, 0.3) is 28.0 Å². The average Bonchev–Trinajstić information content (AvgIpc) is 3.02. The maximum atomic E-state index is 14.4. The number of alkyl halides is 3. The highest BCUT2D eigenvalue weighted by Gasteiger charge is 2.32. The minimum atomic E-state index is -4.59. The van der Waals surface area contributed by atoms with E-state index in [1.165, 1.54) is 22.7 Å². The Morgan fingerprint density at radius 1 is 1.07 bits per heavy atom. The van der Waals surface area contributed by atoms with Crippen molar-refractivity contribution < 1.29 is 26.6 Å². The fourth-order valence-electron chi connectivity index (χ4n) is 3.05. The largest absolute Gasteiger partial charge is 0.555 e. The Morgan fingerprint density at radius 2 is 1.83 bits per heavy atom. The predicted octanol–water partition coefficient (Wildman–Crippen LogP) is 4.53. The first-order chi connectivity index (χ1) is 14.2. The van der Waals surface area contributed by atoms with Crippen molar-refractivity contribution in [1.29, 1.82) is 0 Å². The van der Waals surface area contributed by atoms with Gasteiger partial charge in [-0.15, -0.1) is 0 Å². The van der Waals surface area contributed by atoms with Gasteiger partial charge in [0.1, 0.15) is 17.3 Å². The Morgan fingerprint density at radius 3 is 2.43 bits per heavy atom. The summed E-state index contributed by atoms with van der Waals surface area (Å²) in [4.78, 5) is 7.80. The molecule has 0 aliphatic rings. The first-order valence-electron chi connectivity index (χ1n) is 8.45. The summed E-state index contributed by atoms with van der Waals surface area (Å²) in [5, 5.41) is 4.23. The number of hydrogen-bond acceptors (Lipinski definition) is 4. The molecular formula is C19H10BF5N4O. The van der Waals surface area contributed by atoms with Crippen molar-refractivity contribution >= 4 is 13.7 Å². The summed E-state index contributed by atoms with van der Waals surface area (Å²) in [5.41, 5.74) is 0.136. The van der Waals surface area contributed by atoms with Crippen LogP contribution in [0, 0.1) is 18.6 Å². The molecule has 5 nitrogen and oxygen atoms in total. The second-order valence-electron chi connectivity index (χ2n) is 6.35. The molecule has 0 spiro atoms. The lowest BCUT2D eigenvalue weighted by Crippen LogP contribution is -2.07. The van der Waals surface area contributed by atoms with E-state index in [0.717, 1.165) is 24.4 Å². The SMILES string of the molecule is [B]Oc1cc(-c2ccc(C(F)(F)F)nc2)nc2c(-c3ccc(F)cc3F)c(C)nn12. The van der Waals surface area contributed by atoms with Crippen molar-refractivity contribution in [3.8, 4) is 28.3 Å². The summed E-state index contributed by atoms with van der Waals surface area (Å²) in [6, 6.07) is 6.41. The normalized spacial score (nSPS) is 11.8. The topological polar surface area (TPSA) is 52.3 Å². The van der Waals surface area contributed by atoms with E-state index in [4.69, 9.17) is 12.7 Å². The second kappa shape index (κ2) is 7.08. The molecule has 0 bridgehead atoms. The molecule has 0 aliphatic heterocycles. The Kier molecular flexibility index (Phi) is 4.68. The Bertz CT molecular complexity index is 1250. The van der Waals surface area contributed by atoms with E-state index in [0.29, 0.717) is 5.69 Å². The van der Waals surface area contributed by atoms with Gasteiger partial charge < -0.3 is 4.65 Å². The molecule has 3 heterocycles. The van der Waals surface area contributed by atoms with Gasteiger partial charge in [-0.2, -0.15) is 22.8 Å². The molecule has 0 aliphatic carbocycles. The van der Waals surface area contributed by atoms with E-state index >= 15 is 0 Å². The molecule has 0 fully saturated rings. The molecule has 0 atom stereocenters. The van der Waals surface area contributed by atoms with Gasteiger partial charge in [-0.05, 0) is 31.2 Å².